The van der Waals surface area contributed by atoms with E-state index in [9.17, 15) is 14.4 Å². The van der Waals surface area contributed by atoms with Crippen LogP contribution in [0.1, 0.15) is 19.3 Å². The minimum atomic E-state index is -1.27. The van der Waals surface area contributed by atoms with Gasteiger partial charge in [0.15, 0.2) is 0 Å². The third-order valence-electron chi connectivity index (χ3n) is 1.48. The summed E-state index contributed by atoms with van der Waals surface area (Å²) in [6, 6.07) is 0. The molecular weight excluding hydrogens is 272 g/mol. The molecule has 0 spiro atoms. The van der Waals surface area contributed by atoms with Crippen molar-refractivity contribution >= 4 is 136 Å². The zero-order chi connectivity index (χ0) is 10.4. The van der Waals surface area contributed by atoms with Crippen LogP contribution in [0.3, 0.4) is 0 Å². The zero-order valence-electron chi connectivity index (χ0n) is 10.8. The van der Waals surface area contributed by atoms with Gasteiger partial charge in [-0.25, -0.2) is 0 Å². The van der Waals surface area contributed by atoms with Gasteiger partial charge in [-0.05, 0) is 6.42 Å². The summed E-state index contributed by atoms with van der Waals surface area (Å²) in [6.45, 7) is 0. The minimum absolute atomic E-state index is 0. The van der Waals surface area contributed by atoms with Gasteiger partial charge in [-0.15, -0.1) is 0 Å². The van der Waals surface area contributed by atoms with Crippen LogP contribution in [0, 0.1) is 5.92 Å². The minimum Gasteiger partial charge on any atom is -0.481 e. The number of carbonyl (C=O) groups is 3. The zero-order valence-corrected chi connectivity index (χ0v) is 18.8. The Morgan fingerprint density at radius 2 is 1.24 bits per heavy atom. The van der Waals surface area contributed by atoms with Crippen LogP contribution >= 0.6 is 0 Å². The van der Waals surface area contributed by atoms with E-state index in [2.05, 4.69) is 0 Å². The predicted octanol–water partition coefficient (Wildman–Crippen LogP) is -1.50. The fourth-order valence-corrected chi connectivity index (χ4v) is 0.821. The van der Waals surface area contributed by atoms with Gasteiger partial charge in [0.2, 0.25) is 0 Å². The van der Waals surface area contributed by atoms with Crippen molar-refractivity contribution in [3.63, 3.8) is 0 Å². The molecule has 0 aromatic heterocycles. The third kappa shape index (κ3) is 20.9. The second-order valence-electron chi connectivity index (χ2n) is 2.57. The smallest absolute Gasteiger partial charge is 0.307 e. The van der Waals surface area contributed by atoms with Crippen molar-refractivity contribution < 1.29 is 29.7 Å². The Morgan fingerprint density at radius 3 is 1.47 bits per heavy atom. The molecule has 1 unspecified atom stereocenters. The van der Waals surface area contributed by atoms with Crippen LogP contribution in [0.5, 0.6) is 0 Å². The quantitative estimate of drug-likeness (QED) is 0.511. The molecule has 0 saturated carbocycles. The Morgan fingerprint density at radius 1 is 0.824 bits per heavy atom. The molecule has 1 atom stereocenters. The van der Waals surface area contributed by atoms with Crippen LogP contribution in [0.4, 0.5) is 0 Å². The van der Waals surface area contributed by atoms with Crippen molar-refractivity contribution in [2.45, 2.75) is 19.3 Å². The first-order valence-corrected chi connectivity index (χ1v) is 3.60. The second kappa shape index (κ2) is 18.4. The molecule has 3 N–H and O–H groups in total. The van der Waals surface area contributed by atoms with Crippen LogP contribution in [-0.4, -0.2) is 151 Å². The van der Waals surface area contributed by atoms with Crippen LogP contribution in [0.25, 0.3) is 0 Å². The molecule has 6 nitrogen and oxygen atoms in total. The van der Waals surface area contributed by atoms with E-state index < -0.39 is 30.2 Å². The fraction of sp³-hybridized carbons (Fsp3) is 0.571. The van der Waals surface area contributed by atoms with E-state index in [1.165, 1.54) is 0 Å². The Bertz CT molecular complexity index is 234. The maximum atomic E-state index is 10.4. The van der Waals surface area contributed by atoms with Crippen molar-refractivity contribution in [3.8, 4) is 0 Å². The van der Waals surface area contributed by atoms with Crippen molar-refractivity contribution in [3.05, 3.63) is 0 Å². The molecule has 0 fully saturated rings. The molecular formula is C7H10Na4O6. The van der Waals surface area contributed by atoms with Crippen LogP contribution in [0.15, 0.2) is 0 Å². The molecule has 78 valence electrons. The summed E-state index contributed by atoms with van der Waals surface area (Å²) in [5.41, 5.74) is 0. The Kier molecular flexibility index (Phi) is 34.3. The third-order valence-corrected chi connectivity index (χ3v) is 1.48. The fourth-order valence-electron chi connectivity index (χ4n) is 0.821. The number of rotatable bonds is 6. The summed E-state index contributed by atoms with van der Waals surface area (Å²) in [5, 5.41) is 25.0. The first kappa shape index (κ1) is 31.7. The van der Waals surface area contributed by atoms with E-state index in [0.717, 1.165) is 0 Å². The number of carboxylic acid groups (broad SMARTS) is 3. The molecule has 4 radical (unpaired) electrons. The average molecular weight is 282 g/mol. The molecule has 0 bridgehead atoms. The Hall–Kier alpha value is 2.41. The molecule has 0 aromatic rings. The van der Waals surface area contributed by atoms with Crippen molar-refractivity contribution in [2.75, 3.05) is 0 Å². The van der Waals surface area contributed by atoms with Gasteiger partial charge < -0.3 is 15.3 Å². The second-order valence-corrected chi connectivity index (χ2v) is 2.57. The van der Waals surface area contributed by atoms with E-state index >= 15 is 0 Å². The molecule has 0 aliphatic heterocycles. The Balaban J connectivity index is -0.000000120. The van der Waals surface area contributed by atoms with Gasteiger partial charge in [0, 0.05) is 125 Å². The molecule has 0 heterocycles. The van der Waals surface area contributed by atoms with Crippen molar-refractivity contribution in [1.82, 2.24) is 0 Å². The summed E-state index contributed by atoms with van der Waals surface area (Å²) in [6.07, 6.45) is -1.02. The molecule has 10 heteroatoms. The number of carboxylic acids is 3. The number of hydrogen-bond donors (Lipinski definition) is 3. The summed E-state index contributed by atoms with van der Waals surface area (Å²) in [5.74, 6) is -4.76. The van der Waals surface area contributed by atoms with Gasteiger partial charge in [0.1, 0.15) is 0 Å². The SMILES string of the molecule is O=C(O)CCC(CC(=O)O)C(=O)O.[Na].[Na].[Na].[Na]. The van der Waals surface area contributed by atoms with Crippen molar-refractivity contribution in [2.24, 2.45) is 5.92 Å². The first-order chi connectivity index (χ1) is 5.93. The van der Waals surface area contributed by atoms with Crippen LogP contribution < -0.4 is 0 Å². The maximum absolute atomic E-state index is 10.4. The van der Waals surface area contributed by atoms with Crippen molar-refractivity contribution in [1.29, 1.82) is 0 Å². The predicted molar refractivity (Wildman–Crippen MR) is 63.3 cm³/mol. The summed E-state index contributed by atoms with van der Waals surface area (Å²) < 4.78 is 0. The first-order valence-electron chi connectivity index (χ1n) is 3.60. The normalized spacial score (nSPS) is 9.18. The number of aliphatic carboxylic acids is 3. The van der Waals surface area contributed by atoms with Gasteiger partial charge in [0.05, 0.1) is 12.3 Å². The molecule has 0 amide bonds. The average Bonchev–Trinajstić information content (AvgIpc) is 1.96. The van der Waals surface area contributed by atoms with E-state index in [1.807, 2.05) is 0 Å². The van der Waals surface area contributed by atoms with Gasteiger partial charge in [-0.3, -0.25) is 14.4 Å². The van der Waals surface area contributed by atoms with Crippen LogP contribution in [-0.2, 0) is 14.4 Å². The largest absolute Gasteiger partial charge is 0.481 e. The summed E-state index contributed by atoms with van der Waals surface area (Å²) in [7, 11) is 0. The monoisotopic (exact) mass is 282 g/mol. The van der Waals surface area contributed by atoms with E-state index in [-0.39, 0.29) is 131 Å². The molecule has 0 aliphatic carbocycles. The van der Waals surface area contributed by atoms with Gasteiger partial charge >= 0.3 is 17.9 Å². The van der Waals surface area contributed by atoms with Gasteiger partial charge in [-0.1, -0.05) is 0 Å². The van der Waals surface area contributed by atoms with Gasteiger partial charge in [0.25, 0.3) is 0 Å². The maximum Gasteiger partial charge on any atom is 0.307 e. The summed E-state index contributed by atoms with van der Waals surface area (Å²) in [4.78, 5) is 30.6. The molecule has 0 aromatic carbocycles. The number of hydrogen-bond acceptors (Lipinski definition) is 3. The van der Waals surface area contributed by atoms with E-state index in [0.29, 0.717) is 0 Å². The Labute approximate surface area is 187 Å². The molecule has 0 saturated heterocycles. The standard InChI is InChI=1S/C7H10O6.4Na/c8-5(9)2-1-4(7(12)13)3-6(10)11;;;;/h4H,1-3H2,(H,8,9)(H,10,11)(H,12,13);;;;. The topological polar surface area (TPSA) is 112 Å². The van der Waals surface area contributed by atoms with E-state index in [4.69, 9.17) is 15.3 Å². The van der Waals surface area contributed by atoms with Crippen LogP contribution in [0.2, 0.25) is 0 Å². The molecule has 0 rings (SSSR count). The molecule has 17 heavy (non-hydrogen) atoms. The van der Waals surface area contributed by atoms with Gasteiger partial charge in [-0.2, -0.15) is 0 Å². The van der Waals surface area contributed by atoms with E-state index in [1.54, 1.807) is 0 Å². The molecule has 0 aliphatic rings. The summed E-state index contributed by atoms with van der Waals surface area (Å²) >= 11 is 0.